The maximum Gasteiger partial charge on any atom is 0.338 e. The van der Waals surface area contributed by atoms with Crippen LogP contribution in [0.25, 0.3) is 11.0 Å². The molecule has 0 atom stereocenters. The zero-order chi connectivity index (χ0) is 19.8. The molecule has 8 heteroatoms. The van der Waals surface area contributed by atoms with Crippen LogP contribution in [0.4, 0.5) is 0 Å². The lowest BCUT2D eigenvalue weighted by Gasteiger charge is -2.11. The highest BCUT2D eigenvalue weighted by Crippen LogP contribution is 2.21. The molecule has 1 heterocycles. The first-order valence-corrected chi connectivity index (χ1v) is 9.75. The number of nitrogens with zero attached hydrogens (tertiary/aromatic N) is 2. The maximum absolute atomic E-state index is 12.4. The minimum absolute atomic E-state index is 0.0693. The van der Waals surface area contributed by atoms with Crippen molar-refractivity contribution in [3.05, 3.63) is 64.5 Å². The molecule has 0 saturated heterocycles. The highest BCUT2D eigenvalue weighted by molar-refractivity contribution is 7.89. The molecule has 140 valence electrons. The zero-order valence-electron chi connectivity index (χ0n) is 15.2. The fraction of sp³-hybridized carbons (Fsp3) is 0.211. The summed E-state index contributed by atoms with van der Waals surface area (Å²) in [5.41, 5.74) is 3.92. The van der Waals surface area contributed by atoms with Gasteiger partial charge in [-0.05, 0) is 56.2 Å². The quantitative estimate of drug-likeness (QED) is 0.691. The molecule has 0 aliphatic heterocycles. The van der Waals surface area contributed by atoms with Crippen LogP contribution in [0.15, 0.2) is 41.3 Å². The molecule has 1 aromatic heterocycles. The molecule has 0 fully saturated rings. The number of hydrogen-bond acceptors (Lipinski definition) is 6. The number of carbonyl (C=O) groups excluding carboxylic acids is 1. The molecular weight excluding hydrogens is 366 g/mol. The Morgan fingerprint density at radius 1 is 1.07 bits per heavy atom. The second kappa shape index (κ2) is 7.05. The van der Waals surface area contributed by atoms with Crippen LogP contribution in [0.2, 0.25) is 0 Å². The van der Waals surface area contributed by atoms with E-state index >= 15 is 0 Å². The first kappa shape index (κ1) is 18.9. The summed E-state index contributed by atoms with van der Waals surface area (Å²) in [7, 11) is -3.94. The number of rotatable bonds is 4. The Kier molecular flexibility index (Phi) is 4.95. The van der Waals surface area contributed by atoms with Crippen LogP contribution in [0.3, 0.4) is 0 Å². The fourth-order valence-corrected chi connectivity index (χ4v) is 3.60. The number of nitrogens with two attached hydrogens (primary N) is 1. The van der Waals surface area contributed by atoms with Gasteiger partial charge >= 0.3 is 5.97 Å². The number of primary sulfonamides is 1. The molecule has 0 spiro atoms. The van der Waals surface area contributed by atoms with E-state index in [2.05, 4.69) is 9.97 Å². The van der Waals surface area contributed by atoms with Crippen LogP contribution < -0.4 is 5.14 Å². The van der Waals surface area contributed by atoms with Gasteiger partial charge in [0.25, 0.3) is 0 Å². The number of aromatic nitrogens is 2. The largest absolute Gasteiger partial charge is 0.456 e. The standard InChI is InChI=1S/C19H19N3O4S/c1-11-8-14(9-18(12(11)2)27(20,24)25)19(23)26-10-17-13(3)21-15-6-4-5-7-16(15)22-17/h4-9H,10H2,1-3H3,(H2,20,24,25). The van der Waals surface area contributed by atoms with Crippen LogP contribution in [0, 0.1) is 20.8 Å². The van der Waals surface area contributed by atoms with E-state index in [1.807, 2.05) is 24.3 Å². The average Bonchev–Trinajstić information content (AvgIpc) is 2.60. The van der Waals surface area contributed by atoms with Crippen molar-refractivity contribution >= 4 is 27.0 Å². The maximum atomic E-state index is 12.4. The van der Waals surface area contributed by atoms with Crippen LogP contribution in [-0.4, -0.2) is 24.4 Å². The van der Waals surface area contributed by atoms with E-state index in [1.165, 1.54) is 6.07 Å². The predicted molar refractivity (Wildman–Crippen MR) is 101 cm³/mol. The fourth-order valence-electron chi connectivity index (χ4n) is 2.72. The van der Waals surface area contributed by atoms with E-state index in [0.717, 1.165) is 5.52 Å². The number of benzene rings is 2. The van der Waals surface area contributed by atoms with Crippen LogP contribution >= 0.6 is 0 Å². The lowest BCUT2D eigenvalue weighted by atomic mass is 10.1. The summed E-state index contributed by atoms with van der Waals surface area (Å²) in [6, 6.07) is 10.2. The van der Waals surface area contributed by atoms with E-state index in [0.29, 0.717) is 28.0 Å². The molecule has 0 aliphatic carbocycles. The number of carbonyl (C=O) groups is 1. The van der Waals surface area contributed by atoms with Crippen LogP contribution in [-0.2, 0) is 21.4 Å². The van der Waals surface area contributed by atoms with Gasteiger partial charge in [-0.1, -0.05) is 12.1 Å². The second-order valence-electron chi connectivity index (χ2n) is 6.28. The van der Waals surface area contributed by atoms with Gasteiger partial charge in [0.2, 0.25) is 10.0 Å². The Morgan fingerprint density at radius 3 is 2.33 bits per heavy atom. The Hall–Kier alpha value is -2.84. The number of aryl methyl sites for hydroxylation is 2. The highest BCUT2D eigenvalue weighted by Gasteiger charge is 2.19. The van der Waals surface area contributed by atoms with Gasteiger partial charge in [0.1, 0.15) is 6.61 Å². The van der Waals surface area contributed by atoms with E-state index in [4.69, 9.17) is 9.88 Å². The highest BCUT2D eigenvalue weighted by atomic mass is 32.2. The second-order valence-corrected chi connectivity index (χ2v) is 7.81. The van der Waals surface area contributed by atoms with Crippen molar-refractivity contribution < 1.29 is 17.9 Å². The number of sulfonamides is 1. The molecule has 0 bridgehead atoms. The Bertz CT molecular complexity index is 1160. The van der Waals surface area contributed by atoms with Crippen molar-refractivity contribution in [3.8, 4) is 0 Å². The Morgan fingerprint density at radius 2 is 1.70 bits per heavy atom. The van der Waals surface area contributed by atoms with E-state index in [-0.39, 0.29) is 17.1 Å². The minimum atomic E-state index is -3.94. The number of hydrogen-bond donors (Lipinski definition) is 1. The number of esters is 1. The van der Waals surface area contributed by atoms with Crippen molar-refractivity contribution in [1.29, 1.82) is 0 Å². The van der Waals surface area contributed by atoms with E-state index in [9.17, 15) is 13.2 Å². The van der Waals surface area contributed by atoms with Gasteiger partial charge in [-0.25, -0.2) is 28.3 Å². The number of fused-ring (bicyclic) bond motifs is 1. The molecule has 0 saturated carbocycles. The summed E-state index contributed by atoms with van der Waals surface area (Å²) >= 11 is 0. The first-order chi connectivity index (χ1) is 12.7. The Labute approximate surface area is 157 Å². The predicted octanol–water partition coefficient (Wildman–Crippen LogP) is 2.56. The van der Waals surface area contributed by atoms with E-state index in [1.54, 1.807) is 26.8 Å². The van der Waals surface area contributed by atoms with Gasteiger partial charge in [0.05, 0.1) is 32.9 Å². The minimum Gasteiger partial charge on any atom is -0.456 e. The van der Waals surface area contributed by atoms with Gasteiger partial charge < -0.3 is 4.74 Å². The normalized spacial score (nSPS) is 11.6. The molecule has 0 radical (unpaired) electrons. The molecular formula is C19H19N3O4S. The smallest absolute Gasteiger partial charge is 0.338 e. The van der Waals surface area contributed by atoms with Crippen LogP contribution in [0.1, 0.15) is 32.9 Å². The number of para-hydroxylation sites is 2. The van der Waals surface area contributed by atoms with Gasteiger partial charge in [0, 0.05) is 0 Å². The SMILES string of the molecule is Cc1cc(C(=O)OCc2nc3ccccc3nc2C)cc(S(N)(=O)=O)c1C. The van der Waals surface area contributed by atoms with Crippen molar-refractivity contribution in [2.75, 3.05) is 0 Å². The molecule has 2 N–H and O–H groups in total. The average molecular weight is 385 g/mol. The summed E-state index contributed by atoms with van der Waals surface area (Å²) in [5.74, 6) is -0.655. The topological polar surface area (TPSA) is 112 Å². The van der Waals surface area contributed by atoms with Gasteiger partial charge in [0.15, 0.2) is 0 Å². The monoisotopic (exact) mass is 385 g/mol. The van der Waals surface area contributed by atoms with Crippen molar-refractivity contribution in [2.24, 2.45) is 5.14 Å². The summed E-state index contributed by atoms with van der Waals surface area (Å²) in [6.07, 6.45) is 0. The third-order valence-corrected chi connectivity index (χ3v) is 5.38. The zero-order valence-corrected chi connectivity index (χ0v) is 16.0. The molecule has 3 aromatic rings. The van der Waals surface area contributed by atoms with Crippen molar-refractivity contribution in [1.82, 2.24) is 9.97 Å². The molecule has 0 amide bonds. The molecule has 27 heavy (non-hydrogen) atoms. The van der Waals surface area contributed by atoms with Crippen LogP contribution in [0.5, 0.6) is 0 Å². The molecule has 3 rings (SSSR count). The molecule has 2 aromatic carbocycles. The van der Waals surface area contributed by atoms with Gasteiger partial charge in [-0.2, -0.15) is 0 Å². The van der Waals surface area contributed by atoms with E-state index < -0.39 is 16.0 Å². The van der Waals surface area contributed by atoms with Crippen molar-refractivity contribution in [2.45, 2.75) is 32.3 Å². The molecule has 7 nitrogen and oxygen atoms in total. The summed E-state index contributed by atoms with van der Waals surface area (Å²) in [5, 5.41) is 5.24. The lowest BCUT2D eigenvalue weighted by Crippen LogP contribution is -2.16. The number of ether oxygens (including phenoxy) is 1. The molecule has 0 aliphatic rings. The third kappa shape index (κ3) is 3.96. The van der Waals surface area contributed by atoms with Gasteiger partial charge in [-0.3, -0.25) is 0 Å². The summed E-state index contributed by atoms with van der Waals surface area (Å²) in [4.78, 5) is 21.3. The van der Waals surface area contributed by atoms with Crippen molar-refractivity contribution in [3.63, 3.8) is 0 Å². The summed E-state index contributed by atoms with van der Waals surface area (Å²) < 4.78 is 28.8. The molecule has 0 unspecified atom stereocenters. The Balaban J connectivity index is 1.86. The first-order valence-electron chi connectivity index (χ1n) is 8.20. The third-order valence-electron chi connectivity index (χ3n) is 4.34. The summed E-state index contributed by atoms with van der Waals surface area (Å²) in [6.45, 7) is 5.07. The van der Waals surface area contributed by atoms with Gasteiger partial charge in [-0.15, -0.1) is 0 Å². The lowest BCUT2D eigenvalue weighted by molar-refractivity contribution is 0.0466.